The van der Waals surface area contributed by atoms with Gasteiger partial charge in [0.2, 0.25) is 0 Å². The number of aryl methyl sites for hydroxylation is 1. The first kappa shape index (κ1) is 20.6. The summed E-state index contributed by atoms with van der Waals surface area (Å²) in [4.78, 5) is 2.49. The van der Waals surface area contributed by atoms with Crippen LogP contribution in [0.2, 0.25) is 0 Å². The van der Waals surface area contributed by atoms with Gasteiger partial charge in [0.05, 0.1) is 4.90 Å². The number of phenolic OH excluding ortho intramolecular Hbond substituents is 1. The van der Waals surface area contributed by atoms with E-state index in [1.165, 1.54) is 6.26 Å². The van der Waals surface area contributed by atoms with Crippen LogP contribution < -0.4 is 5.32 Å². The Bertz CT molecular complexity index is 1210. The highest BCUT2D eigenvalue weighted by Crippen LogP contribution is 2.36. The van der Waals surface area contributed by atoms with E-state index in [-0.39, 0.29) is 16.7 Å². The topological polar surface area (TPSA) is 95.4 Å². The van der Waals surface area contributed by atoms with Crippen molar-refractivity contribution in [3.05, 3.63) is 42.0 Å². The van der Waals surface area contributed by atoms with E-state index in [1.807, 2.05) is 19.1 Å². The lowest BCUT2D eigenvalue weighted by atomic mass is 10.0. The second kappa shape index (κ2) is 7.85. The molecule has 1 aliphatic heterocycles. The quantitative estimate of drug-likeness (QED) is 0.661. The monoisotopic (exact) mass is 426 g/mol. The number of phenols is 1. The van der Waals surface area contributed by atoms with E-state index >= 15 is 0 Å². The minimum Gasteiger partial charge on any atom is -0.507 e. The third-order valence-electron chi connectivity index (χ3n) is 5.55. The number of hydrogen-bond acceptors (Lipinski definition) is 7. The highest BCUT2D eigenvalue weighted by Gasteiger charge is 2.21. The van der Waals surface area contributed by atoms with Gasteiger partial charge in [0.15, 0.2) is 15.7 Å². The third kappa shape index (κ3) is 4.11. The summed E-state index contributed by atoms with van der Waals surface area (Å²) in [5, 5.41) is 24.2. The van der Waals surface area contributed by atoms with Crippen LogP contribution in [0.25, 0.3) is 22.0 Å². The highest BCUT2D eigenvalue weighted by molar-refractivity contribution is 7.90. The molecule has 7 nitrogen and oxygen atoms in total. The number of aromatic nitrogens is 2. The van der Waals surface area contributed by atoms with E-state index in [9.17, 15) is 13.5 Å². The molecule has 0 saturated carbocycles. The molecule has 1 aromatic heterocycles. The number of aromatic hydroxyl groups is 1. The van der Waals surface area contributed by atoms with Crippen molar-refractivity contribution in [2.75, 3.05) is 31.7 Å². The molecular formula is C22H26N4O3S. The van der Waals surface area contributed by atoms with E-state index in [1.54, 1.807) is 24.3 Å². The Labute approximate surface area is 176 Å². The van der Waals surface area contributed by atoms with E-state index in [4.69, 9.17) is 0 Å². The molecule has 2 N–H and O–H groups in total. The van der Waals surface area contributed by atoms with Crippen molar-refractivity contribution in [2.24, 2.45) is 0 Å². The molecule has 2 aromatic carbocycles. The van der Waals surface area contributed by atoms with Crippen molar-refractivity contribution in [1.29, 1.82) is 0 Å². The maximum absolute atomic E-state index is 12.2. The Balaban J connectivity index is 1.87. The van der Waals surface area contributed by atoms with E-state index < -0.39 is 9.84 Å². The first-order valence-corrected chi connectivity index (χ1v) is 11.9. The predicted molar refractivity (Wildman–Crippen MR) is 119 cm³/mol. The highest BCUT2D eigenvalue weighted by atomic mass is 32.2. The lowest BCUT2D eigenvalue weighted by Gasteiger charge is -2.30. The fourth-order valence-electron chi connectivity index (χ4n) is 3.99. The van der Waals surface area contributed by atoms with Gasteiger partial charge in [-0.25, -0.2) is 8.42 Å². The van der Waals surface area contributed by atoms with Gasteiger partial charge in [-0.2, -0.15) is 0 Å². The van der Waals surface area contributed by atoms with Gasteiger partial charge in [0.1, 0.15) is 11.4 Å². The average Bonchev–Trinajstić information content (AvgIpc) is 2.68. The van der Waals surface area contributed by atoms with Crippen molar-refractivity contribution in [1.82, 2.24) is 15.1 Å². The molecule has 0 amide bonds. The summed E-state index contributed by atoms with van der Waals surface area (Å²) in [5.74, 6) is 0.679. The largest absolute Gasteiger partial charge is 0.507 e. The second-order valence-corrected chi connectivity index (χ2v) is 10.2. The van der Waals surface area contributed by atoms with Crippen LogP contribution in [-0.4, -0.2) is 61.1 Å². The average molecular weight is 427 g/mol. The SMILES string of the molecule is Cc1ccc(-c2nnc(N[C@@H]3CCCN(C)C3)c3cc(S(C)(=O)=O)ccc23)c(O)c1. The fourth-order valence-corrected chi connectivity index (χ4v) is 4.64. The molecule has 0 unspecified atom stereocenters. The number of hydrogen-bond donors (Lipinski definition) is 2. The molecule has 1 fully saturated rings. The molecule has 0 radical (unpaired) electrons. The summed E-state index contributed by atoms with van der Waals surface area (Å²) in [7, 11) is -1.29. The molecule has 158 valence electrons. The standard InChI is InChI=1S/C22H26N4O3S/c1-14-6-8-18(20(27)11-14)21-17-9-7-16(30(3,28)29)12-19(17)22(25-24-21)23-15-5-4-10-26(2)13-15/h6-9,11-12,15,27H,4-5,10,13H2,1-3H3,(H,23,25)/t15-/m1/s1. The van der Waals surface area contributed by atoms with Crippen molar-refractivity contribution in [3.63, 3.8) is 0 Å². The first-order chi connectivity index (χ1) is 14.2. The van der Waals surface area contributed by atoms with Crippen LogP contribution in [-0.2, 0) is 9.84 Å². The molecule has 2 heterocycles. The van der Waals surface area contributed by atoms with Crippen molar-refractivity contribution >= 4 is 26.4 Å². The van der Waals surface area contributed by atoms with Crippen LogP contribution in [0.4, 0.5) is 5.82 Å². The number of anilines is 1. The van der Waals surface area contributed by atoms with Crippen LogP contribution >= 0.6 is 0 Å². The van der Waals surface area contributed by atoms with E-state index in [0.29, 0.717) is 22.5 Å². The first-order valence-electron chi connectivity index (χ1n) is 9.98. The zero-order valence-corrected chi connectivity index (χ0v) is 18.2. The molecule has 0 spiro atoms. The molecule has 1 aliphatic rings. The number of likely N-dealkylation sites (N-methyl/N-ethyl adjacent to an activating group) is 1. The smallest absolute Gasteiger partial charge is 0.175 e. The maximum Gasteiger partial charge on any atom is 0.175 e. The molecule has 8 heteroatoms. The van der Waals surface area contributed by atoms with Crippen molar-refractivity contribution in [3.8, 4) is 17.0 Å². The van der Waals surface area contributed by atoms with Crippen LogP contribution in [0.5, 0.6) is 5.75 Å². The van der Waals surface area contributed by atoms with Gasteiger partial charge in [0, 0.05) is 35.2 Å². The summed E-state index contributed by atoms with van der Waals surface area (Å²) < 4.78 is 24.3. The number of sulfone groups is 1. The van der Waals surface area contributed by atoms with Gasteiger partial charge in [-0.3, -0.25) is 0 Å². The maximum atomic E-state index is 12.2. The summed E-state index contributed by atoms with van der Waals surface area (Å²) >= 11 is 0. The van der Waals surface area contributed by atoms with Gasteiger partial charge >= 0.3 is 0 Å². The van der Waals surface area contributed by atoms with Gasteiger partial charge in [0.25, 0.3) is 0 Å². The third-order valence-corrected chi connectivity index (χ3v) is 6.66. The zero-order chi connectivity index (χ0) is 21.5. The number of benzene rings is 2. The summed E-state index contributed by atoms with van der Waals surface area (Å²) in [5.41, 5.74) is 2.02. The molecular weight excluding hydrogens is 400 g/mol. The van der Waals surface area contributed by atoms with E-state index in [0.717, 1.165) is 36.9 Å². The van der Waals surface area contributed by atoms with Crippen LogP contribution in [0, 0.1) is 6.92 Å². The van der Waals surface area contributed by atoms with Gasteiger partial charge in [-0.15, -0.1) is 10.2 Å². The lowest BCUT2D eigenvalue weighted by molar-refractivity contribution is 0.261. The van der Waals surface area contributed by atoms with Gasteiger partial charge in [-0.1, -0.05) is 12.1 Å². The molecule has 1 saturated heterocycles. The molecule has 1 atom stereocenters. The summed E-state index contributed by atoms with van der Waals surface area (Å²) in [6, 6.07) is 10.6. The van der Waals surface area contributed by atoms with Crippen LogP contribution in [0.3, 0.4) is 0 Å². The normalized spacial score (nSPS) is 17.9. The Morgan fingerprint density at radius 1 is 1.13 bits per heavy atom. The van der Waals surface area contributed by atoms with Gasteiger partial charge in [-0.05, 0) is 63.2 Å². The molecule has 30 heavy (non-hydrogen) atoms. The number of likely N-dealkylation sites (tertiary alicyclic amines) is 1. The van der Waals surface area contributed by atoms with Crippen molar-refractivity contribution in [2.45, 2.75) is 30.7 Å². The van der Waals surface area contributed by atoms with Crippen molar-refractivity contribution < 1.29 is 13.5 Å². The minimum absolute atomic E-state index is 0.118. The molecule has 0 bridgehead atoms. The lowest BCUT2D eigenvalue weighted by Crippen LogP contribution is -2.40. The van der Waals surface area contributed by atoms with Gasteiger partial charge < -0.3 is 15.3 Å². The number of fused-ring (bicyclic) bond motifs is 1. The Morgan fingerprint density at radius 3 is 2.63 bits per heavy atom. The number of piperidine rings is 1. The summed E-state index contributed by atoms with van der Waals surface area (Å²) in [6.45, 7) is 3.85. The molecule has 4 rings (SSSR count). The Kier molecular flexibility index (Phi) is 5.38. The fraction of sp³-hybridized carbons (Fsp3) is 0.364. The van der Waals surface area contributed by atoms with Crippen LogP contribution in [0.1, 0.15) is 18.4 Å². The Morgan fingerprint density at radius 2 is 1.93 bits per heavy atom. The minimum atomic E-state index is -3.38. The number of nitrogens with one attached hydrogen (secondary N) is 1. The van der Waals surface area contributed by atoms with Crippen LogP contribution in [0.15, 0.2) is 41.3 Å². The Hall–Kier alpha value is -2.71. The molecule has 3 aromatic rings. The number of nitrogens with zero attached hydrogens (tertiary/aromatic N) is 3. The second-order valence-electron chi connectivity index (χ2n) is 8.14. The van der Waals surface area contributed by atoms with E-state index in [2.05, 4.69) is 27.5 Å². The molecule has 0 aliphatic carbocycles. The zero-order valence-electron chi connectivity index (χ0n) is 17.4. The predicted octanol–water partition coefficient (Wildman–Crippen LogP) is 3.22. The summed E-state index contributed by atoms with van der Waals surface area (Å²) in [6.07, 6.45) is 3.29. The number of rotatable bonds is 4.